The van der Waals surface area contributed by atoms with Crippen molar-refractivity contribution in [1.29, 1.82) is 0 Å². The van der Waals surface area contributed by atoms with Crippen LogP contribution >= 0.6 is 11.6 Å². The fourth-order valence-electron chi connectivity index (χ4n) is 3.12. The Morgan fingerprint density at radius 2 is 1.85 bits per heavy atom. The molecule has 1 aliphatic carbocycles. The summed E-state index contributed by atoms with van der Waals surface area (Å²) in [5.41, 5.74) is 1.17. The quantitative estimate of drug-likeness (QED) is 0.773. The molecule has 0 unspecified atom stereocenters. The maximum absolute atomic E-state index is 13.3. The topological polar surface area (TPSA) is 75.3 Å². The molecule has 1 saturated carbocycles. The van der Waals surface area contributed by atoms with Gasteiger partial charge in [0, 0.05) is 17.3 Å². The molecule has 0 radical (unpaired) electrons. The number of anilines is 1. The minimum Gasteiger partial charge on any atom is -0.322 e. The van der Waals surface area contributed by atoms with Gasteiger partial charge in [-0.25, -0.2) is 17.5 Å². The Morgan fingerprint density at radius 1 is 1.15 bits per heavy atom. The highest BCUT2D eigenvalue weighted by molar-refractivity contribution is 7.89. The van der Waals surface area contributed by atoms with Crippen LogP contribution in [-0.4, -0.2) is 20.4 Å². The Hall–Kier alpha value is -1.96. The van der Waals surface area contributed by atoms with Crippen LogP contribution in [0.2, 0.25) is 5.02 Å². The highest BCUT2D eigenvalue weighted by Crippen LogP contribution is 2.23. The molecule has 144 valence electrons. The van der Waals surface area contributed by atoms with E-state index >= 15 is 0 Å². The lowest BCUT2D eigenvalue weighted by molar-refractivity contribution is 0.102. The molecular formula is C19H20ClFN2O3S. The van der Waals surface area contributed by atoms with Crippen LogP contribution in [0.5, 0.6) is 0 Å². The van der Waals surface area contributed by atoms with Gasteiger partial charge in [-0.05, 0) is 55.7 Å². The van der Waals surface area contributed by atoms with Crippen LogP contribution in [0, 0.1) is 12.7 Å². The number of hydrogen-bond donors (Lipinski definition) is 2. The molecular weight excluding hydrogens is 391 g/mol. The molecule has 0 spiro atoms. The molecule has 1 aliphatic rings. The second-order valence-electron chi connectivity index (χ2n) is 6.66. The van der Waals surface area contributed by atoms with E-state index in [1.165, 1.54) is 24.3 Å². The van der Waals surface area contributed by atoms with Crippen LogP contribution < -0.4 is 10.0 Å². The van der Waals surface area contributed by atoms with Crippen molar-refractivity contribution in [2.75, 3.05) is 5.32 Å². The van der Waals surface area contributed by atoms with Gasteiger partial charge in [0.15, 0.2) is 0 Å². The Labute approximate surface area is 163 Å². The first-order valence-corrected chi connectivity index (χ1v) is 10.5. The minimum absolute atomic E-state index is 0.0438. The Balaban J connectivity index is 1.83. The van der Waals surface area contributed by atoms with Crippen LogP contribution in [-0.2, 0) is 10.0 Å². The van der Waals surface area contributed by atoms with E-state index in [0.717, 1.165) is 31.7 Å². The number of sulfonamides is 1. The second-order valence-corrected chi connectivity index (χ2v) is 8.78. The lowest BCUT2D eigenvalue weighted by atomic mass is 10.1. The normalized spacial score (nSPS) is 15.1. The average Bonchev–Trinajstić information content (AvgIpc) is 3.10. The first kappa shape index (κ1) is 19.8. The van der Waals surface area contributed by atoms with Crippen LogP contribution in [0.15, 0.2) is 41.3 Å². The minimum atomic E-state index is -3.70. The van der Waals surface area contributed by atoms with Crippen molar-refractivity contribution in [1.82, 2.24) is 4.72 Å². The van der Waals surface area contributed by atoms with E-state index in [1.54, 1.807) is 13.0 Å². The summed E-state index contributed by atoms with van der Waals surface area (Å²) in [5.74, 6) is -1.08. The molecule has 27 heavy (non-hydrogen) atoms. The molecule has 8 heteroatoms. The first-order chi connectivity index (χ1) is 12.8. The van der Waals surface area contributed by atoms with E-state index < -0.39 is 21.7 Å². The zero-order chi connectivity index (χ0) is 19.6. The summed E-state index contributed by atoms with van der Waals surface area (Å²) in [6, 6.07) is 8.20. The van der Waals surface area contributed by atoms with Crippen molar-refractivity contribution < 1.29 is 17.6 Å². The van der Waals surface area contributed by atoms with E-state index in [0.29, 0.717) is 11.3 Å². The molecule has 1 fully saturated rings. The first-order valence-electron chi connectivity index (χ1n) is 8.65. The fourth-order valence-corrected chi connectivity index (χ4v) is 4.63. The smallest absolute Gasteiger partial charge is 0.255 e. The van der Waals surface area contributed by atoms with Gasteiger partial charge < -0.3 is 5.32 Å². The van der Waals surface area contributed by atoms with Crippen molar-refractivity contribution in [3.63, 3.8) is 0 Å². The van der Waals surface area contributed by atoms with E-state index in [9.17, 15) is 17.6 Å². The summed E-state index contributed by atoms with van der Waals surface area (Å²) in [6.07, 6.45) is 3.66. The summed E-state index contributed by atoms with van der Waals surface area (Å²) in [7, 11) is -3.70. The zero-order valence-corrected chi connectivity index (χ0v) is 16.3. The highest BCUT2D eigenvalue weighted by Gasteiger charge is 2.24. The Kier molecular flexibility index (Phi) is 5.83. The number of hydrogen-bond acceptors (Lipinski definition) is 3. The molecule has 5 nitrogen and oxygen atoms in total. The highest BCUT2D eigenvalue weighted by atomic mass is 35.5. The predicted molar refractivity (Wildman–Crippen MR) is 103 cm³/mol. The summed E-state index contributed by atoms with van der Waals surface area (Å²) in [6.45, 7) is 1.72. The van der Waals surface area contributed by atoms with Gasteiger partial charge in [-0.2, -0.15) is 0 Å². The van der Waals surface area contributed by atoms with Crippen molar-refractivity contribution in [3.8, 4) is 0 Å². The van der Waals surface area contributed by atoms with Crippen molar-refractivity contribution in [2.24, 2.45) is 0 Å². The van der Waals surface area contributed by atoms with Gasteiger partial charge >= 0.3 is 0 Å². The third kappa shape index (κ3) is 4.66. The summed E-state index contributed by atoms with van der Waals surface area (Å²) >= 11 is 5.73. The van der Waals surface area contributed by atoms with Gasteiger partial charge in [0.2, 0.25) is 10.0 Å². The Morgan fingerprint density at radius 3 is 2.52 bits per heavy atom. The lowest BCUT2D eigenvalue weighted by Gasteiger charge is -2.14. The van der Waals surface area contributed by atoms with Crippen LogP contribution in [0.3, 0.4) is 0 Å². The molecule has 0 heterocycles. The number of aryl methyl sites for hydroxylation is 1. The maximum atomic E-state index is 13.3. The largest absolute Gasteiger partial charge is 0.322 e. The lowest BCUT2D eigenvalue weighted by Crippen LogP contribution is -2.32. The summed E-state index contributed by atoms with van der Waals surface area (Å²) in [5, 5.41) is 2.50. The molecule has 0 aliphatic heterocycles. The molecule has 2 N–H and O–H groups in total. The van der Waals surface area contributed by atoms with E-state index in [-0.39, 0.29) is 21.5 Å². The molecule has 1 amide bonds. The van der Waals surface area contributed by atoms with Gasteiger partial charge in [-0.3, -0.25) is 4.79 Å². The van der Waals surface area contributed by atoms with Crippen molar-refractivity contribution >= 4 is 33.2 Å². The third-order valence-corrected chi connectivity index (χ3v) is 6.43. The number of carbonyl (C=O) groups is 1. The third-order valence-electron chi connectivity index (χ3n) is 4.62. The fraction of sp³-hybridized carbons (Fsp3) is 0.316. The molecule has 0 aromatic heterocycles. The van der Waals surface area contributed by atoms with E-state index in [4.69, 9.17) is 11.6 Å². The van der Waals surface area contributed by atoms with Crippen molar-refractivity contribution in [3.05, 3.63) is 58.4 Å². The number of rotatable bonds is 5. The van der Waals surface area contributed by atoms with Gasteiger partial charge in [0.25, 0.3) is 5.91 Å². The molecule has 2 aromatic carbocycles. The molecule has 0 saturated heterocycles. The predicted octanol–water partition coefficient (Wildman–Crippen LogP) is 4.26. The van der Waals surface area contributed by atoms with Crippen molar-refractivity contribution in [2.45, 2.75) is 43.5 Å². The number of benzene rings is 2. The van der Waals surface area contributed by atoms with Gasteiger partial charge in [-0.15, -0.1) is 0 Å². The molecule has 0 atom stereocenters. The van der Waals surface area contributed by atoms with Gasteiger partial charge in [0.1, 0.15) is 5.82 Å². The van der Waals surface area contributed by atoms with E-state index in [2.05, 4.69) is 10.0 Å². The van der Waals surface area contributed by atoms with Gasteiger partial charge in [0.05, 0.1) is 9.92 Å². The number of nitrogens with one attached hydrogen (secondary N) is 2. The number of amides is 1. The standard InChI is InChI=1S/C19H20ClFN2O3S/c1-12-6-8-15(27(25,26)23-13-4-2-3-5-13)11-16(12)19(24)22-14-7-9-18(21)17(20)10-14/h6-11,13,23H,2-5H2,1H3,(H,22,24). The summed E-state index contributed by atoms with van der Waals surface area (Å²) in [4.78, 5) is 12.6. The molecule has 2 aromatic rings. The number of halogens is 2. The zero-order valence-electron chi connectivity index (χ0n) is 14.8. The Bertz CT molecular complexity index is 973. The SMILES string of the molecule is Cc1ccc(S(=O)(=O)NC2CCCC2)cc1C(=O)Nc1ccc(F)c(Cl)c1. The number of carbonyl (C=O) groups excluding carboxylic acids is 1. The van der Waals surface area contributed by atoms with Crippen LogP contribution in [0.1, 0.15) is 41.6 Å². The van der Waals surface area contributed by atoms with Crippen LogP contribution in [0.4, 0.5) is 10.1 Å². The second kappa shape index (κ2) is 7.96. The molecule has 3 rings (SSSR count). The summed E-state index contributed by atoms with van der Waals surface area (Å²) < 4.78 is 41.2. The van der Waals surface area contributed by atoms with Crippen LogP contribution in [0.25, 0.3) is 0 Å². The molecule has 0 bridgehead atoms. The average molecular weight is 411 g/mol. The van der Waals surface area contributed by atoms with E-state index in [1.807, 2.05) is 0 Å². The maximum Gasteiger partial charge on any atom is 0.255 e. The monoisotopic (exact) mass is 410 g/mol. The van der Waals surface area contributed by atoms with Gasteiger partial charge in [-0.1, -0.05) is 30.5 Å².